The van der Waals surface area contributed by atoms with E-state index in [-0.39, 0.29) is 11.6 Å². The normalized spacial score (nSPS) is 29.2. The zero-order valence-electron chi connectivity index (χ0n) is 8.67. The number of hydrogen-bond acceptors (Lipinski definition) is 2. The smallest absolute Gasteiger partial charge is 0.0690 e. The van der Waals surface area contributed by atoms with Gasteiger partial charge in [-0.3, -0.25) is 4.90 Å². The van der Waals surface area contributed by atoms with Gasteiger partial charge in [-0.1, -0.05) is 0 Å². The van der Waals surface area contributed by atoms with Crippen molar-refractivity contribution in [2.45, 2.75) is 58.2 Å². The van der Waals surface area contributed by atoms with Gasteiger partial charge in [-0.05, 0) is 47.1 Å². The van der Waals surface area contributed by atoms with Crippen molar-refractivity contribution >= 4 is 0 Å². The number of likely N-dealkylation sites (tertiary alicyclic amines) is 1. The zero-order valence-corrected chi connectivity index (χ0v) is 8.67. The summed E-state index contributed by atoms with van der Waals surface area (Å²) in [4.78, 5) is 2.41. The molecule has 1 saturated heterocycles. The summed E-state index contributed by atoms with van der Waals surface area (Å²) in [5, 5.41) is 9.62. The highest BCUT2D eigenvalue weighted by molar-refractivity contribution is 4.92. The predicted molar refractivity (Wildman–Crippen MR) is 51.2 cm³/mol. The lowest BCUT2D eigenvalue weighted by Gasteiger charge is -2.40. The number of aliphatic hydroxyl groups excluding tert-OH is 1. The molecule has 1 heterocycles. The average Bonchev–Trinajstić information content (AvgIpc) is 2.35. The lowest BCUT2D eigenvalue weighted by atomic mass is 9.95. The van der Waals surface area contributed by atoms with Crippen molar-refractivity contribution in [3.8, 4) is 0 Å². The van der Waals surface area contributed by atoms with E-state index in [9.17, 15) is 5.11 Å². The van der Waals surface area contributed by atoms with Crippen LogP contribution in [0, 0.1) is 0 Å². The van der Waals surface area contributed by atoms with Crippen LogP contribution in [0.5, 0.6) is 0 Å². The van der Waals surface area contributed by atoms with Gasteiger partial charge in [0.1, 0.15) is 0 Å². The summed E-state index contributed by atoms with van der Waals surface area (Å²) in [6.07, 6.45) is 2.30. The molecule has 0 bridgehead atoms. The van der Waals surface area contributed by atoms with Crippen LogP contribution < -0.4 is 0 Å². The molecule has 1 N–H and O–H groups in total. The molecule has 1 aliphatic heterocycles. The minimum absolute atomic E-state index is 0.0596. The van der Waals surface area contributed by atoms with E-state index < -0.39 is 0 Å². The van der Waals surface area contributed by atoms with Gasteiger partial charge in [0.15, 0.2) is 0 Å². The lowest BCUT2D eigenvalue weighted by Crippen LogP contribution is -2.52. The van der Waals surface area contributed by atoms with E-state index in [4.69, 9.17) is 0 Å². The predicted octanol–water partition coefficient (Wildman–Crippen LogP) is 1.63. The average molecular weight is 171 g/mol. The van der Waals surface area contributed by atoms with Gasteiger partial charge in [-0.25, -0.2) is 0 Å². The fourth-order valence-corrected chi connectivity index (χ4v) is 2.03. The molecule has 1 rings (SSSR count). The van der Waals surface area contributed by atoms with E-state index in [1.807, 2.05) is 6.92 Å². The van der Waals surface area contributed by atoms with Gasteiger partial charge >= 0.3 is 0 Å². The molecule has 12 heavy (non-hydrogen) atoms. The van der Waals surface area contributed by atoms with E-state index in [0.29, 0.717) is 6.04 Å². The lowest BCUT2D eigenvalue weighted by molar-refractivity contribution is -0.00344. The SMILES string of the molecule is CC1CCCN1C(C)(C)C(C)O. The fraction of sp³-hybridized carbons (Fsp3) is 1.00. The molecule has 2 heteroatoms. The monoisotopic (exact) mass is 171 g/mol. The van der Waals surface area contributed by atoms with Gasteiger partial charge in [0.05, 0.1) is 6.10 Å². The van der Waals surface area contributed by atoms with Gasteiger partial charge < -0.3 is 5.11 Å². The van der Waals surface area contributed by atoms with E-state index >= 15 is 0 Å². The van der Waals surface area contributed by atoms with Crippen molar-refractivity contribution in [3.63, 3.8) is 0 Å². The standard InChI is InChI=1S/C10H21NO/c1-8-6-5-7-11(8)10(3,4)9(2)12/h8-9,12H,5-7H2,1-4H3. The summed E-state index contributed by atoms with van der Waals surface area (Å²) >= 11 is 0. The van der Waals surface area contributed by atoms with Gasteiger partial charge in [-0.2, -0.15) is 0 Å². The van der Waals surface area contributed by atoms with Gasteiger partial charge in [-0.15, -0.1) is 0 Å². The molecule has 0 aliphatic carbocycles. The molecule has 72 valence electrons. The maximum Gasteiger partial charge on any atom is 0.0690 e. The highest BCUT2D eigenvalue weighted by atomic mass is 16.3. The highest BCUT2D eigenvalue weighted by Gasteiger charge is 2.36. The van der Waals surface area contributed by atoms with E-state index in [1.54, 1.807) is 0 Å². The third-order valence-electron chi connectivity index (χ3n) is 3.32. The van der Waals surface area contributed by atoms with Crippen LogP contribution in [-0.4, -0.2) is 34.2 Å². The minimum Gasteiger partial charge on any atom is -0.392 e. The van der Waals surface area contributed by atoms with Gasteiger partial charge in [0, 0.05) is 11.6 Å². The van der Waals surface area contributed by atoms with Crippen molar-refractivity contribution < 1.29 is 5.11 Å². The molecule has 0 aromatic rings. The summed E-state index contributed by atoms with van der Waals surface area (Å²) in [6, 6.07) is 0.634. The molecule has 0 aromatic heterocycles. The van der Waals surface area contributed by atoms with Crippen molar-refractivity contribution in [2.24, 2.45) is 0 Å². The van der Waals surface area contributed by atoms with Crippen molar-refractivity contribution in [3.05, 3.63) is 0 Å². The molecule has 2 nitrogen and oxygen atoms in total. The molecule has 1 aliphatic rings. The number of hydrogen-bond donors (Lipinski definition) is 1. The van der Waals surface area contributed by atoms with E-state index in [0.717, 1.165) is 6.54 Å². The number of nitrogens with zero attached hydrogens (tertiary/aromatic N) is 1. The number of rotatable bonds is 2. The second kappa shape index (κ2) is 3.35. The molecule has 1 fully saturated rings. The van der Waals surface area contributed by atoms with Crippen LogP contribution in [-0.2, 0) is 0 Å². The van der Waals surface area contributed by atoms with Crippen molar-refractivity contribution in [1.29, 1.82) is 0 Å². The second-order valence-electron chi connectivity index (χ2n) is 4.51. The molecule has 0 amide bonds. The van der Waals surface area contributed by atoms with E-state index in [2.05, 4.69) is 25.7 Å². The van der Waals surface area contributed by atoms with Gasteiger partial charge in [0.2, 0.25) is 0 Å². The van der Waals surface area contributed by atoms with Crippen LogP contribution in [0.2, 0.25) is 0 Å². The fourth-order valence-electron chi connectivity index (χ4n) is 2.03. The first-order valence-electron chi connectivity index (χ1n) is 4.91. The Bertz CT molecular complexity index is 154. The maximum atomic E-state index is 9.62. The molecular weight excluding hydrogens is 150 g/mol. The third-order valence-corrected chi connectivity index (χ3v) is 3.32. The molecule has 2 atom stereocenters. The Morgan fingerprint density at radius 1 is 1.50 bits per heavy atom. The van der Waals surface area contributed by atoms with Crippen LogP contribution >= 0.6 is 0 Å². The van der Waals surface area contributed by atoms with Crippen molar-refractivity contribution in [2.75, 3.05) is 6.54 Å². The molecule has 0 aromatic carbocycles. The quantitative estimate of drug-likeness (QED) is 0.682. The molecular formula is C10H21NO. The second-order valence-corrected chi connectivity index (χ2v) is 4.51. The third kappa shape index (κ3) is 1.64. The summed E-state index contributed by atoms with van der Waals surface area (Å²) in [5.74, 6) is 0. The summed E-state index contributed by atoms with van der Waals surface area (Å²) in [7, 11) is 0. The Labute approximate surface area is 75.6 Å². The Morgan fingerprint density at radius 3 is 2.42 bits per heavy atom. The highest BCUT2D eigenvalue weighted by Crippen LogP contribution is 2.28. The zero-order chi connectivity index (χ0) is 9.35. The first-order valence-corrected chi connectivity index (χ1v) is 4.91. The van der Waals surface area contributed by atoms with E-state index in [1.165, 1.54) is 12.8 Å². The van der Waals surface area contributed by atoms with Crippen LogP contribution in [0.15, 0.2) is 0 Å². The largest absolute Gasteiger partial charge is 0.392 e. The first kappa shape index (κ1) is 10.0. The van der Waals surface area contributed by atoms with Crippen LogP contribution in [0.25, 0.3) is 0 Å². The summed E-state index contributed by atoms with van der Waals surface area (Å²) < 4.78 is 0. The van der Waals surface area contributed by atoms with Crippen LogP contribution in [0.3, 0.4) is 0 Å². The topological polar surface area (TPSA) is 23.5 Å². The van der Waals surface area contributed by atoms with Crippen LogP contribution in [0.4, 0.5) is 0 Å². The van der Waals surface area contributed by atoms with Crippen LogP contribution in [0.1, 0.15) is 40.5 Å². The number of aliphatic hydroxyl groups is 1. The Kier molecular flexibility index (Phi) is 2.79. The first-order chi connectivity index (χ1) is 5.46. The molecule has 0 spiro atoms. The summed E-state index contributed by atoms with van der Waals surface area (Å²) in [5.41, 5.74) is -0.0596. The van der Waals surface area contributed by atoms with Crippen molar-refractivity contribution in [1.82, 2.24) is 4.90 Å². The van der Waals surface area contributed by atoms with Gasteiger partial charge in [0.25, 0.3) is 0 Å². The summed E-state index contributed by atoms with van der Waals surface area (Å²) in [6.45, 7) is 9.51. The molecule has 0 saturated carbocycles. The maximum absolute atomic E-state index is 9.62. The molecule has 2 unspecified atom stereocenters. The minimum atomic E-state index is -0.252. The Balaban J connectivity index is 2.67. The Hall–Kier alpha value is -0.0800. The molecule has 0 radical (unpaired) electrons. The Morgan fingerprint density at radius 2 is 2.08 bits per heavy atom.